The van der Waals surface area contributed by atoms with Crippen molar-refractivity contribution in [3.63, 3.8) is 0 Å². The Hall–Kier alpha value is -0.640. The summed E-state index contributed by atoms with van der Waals surface area (Å²) in [6.45, 7) is 6.83. The number of likely N-dealkylation sites (tertiary alicyclic amines) is 1. The molecule has 0 bridgehead atoms. The summed E-state index contributed by atoms with van der Waals surface area (Å²) in [4.78, 5) is 13.5. The molecule has 1 rings (SSSR count). The Bertz CT molecular complexity index is 203. The molecule has 0 saturated carbocycles. The average molecular weight is 217 g/mol. The Kier molecular flexibility index (Phi) is 5.02. The first-order valence-corrected chi connectivity index (χ1v) is 5.72. The lowest BCUT2D eigenvalue weighted by molar-refractivity contribution is -0.152. The molecule has 0 radical (unpaired) electrons. The molecule has 1 heterocycles. The van der Waals surface area contributed by atoms with Gasteiger partial charge in [0.2, 0.25) is 0 Å². The predicted molar refractivity (Wildman–Crippen MR) is 56.4 cm³/mol. The average Bonchev–Trinajstić information content (AvgIpc) is 2.28. The molecule has 0 aromatic rings. The molecule has 0 aromatic heterocycles. The number of piperidine rings is 1. The van der Waals surface area contributed by atoms with Crippen molar-refractivity contribution >= 4 is 5.97 Å². The van der Waals surface area contributed by atoms with Gasteiger partial charge in [-0.15, -0.1) is 0 Å². The molecular formula is C11H20FNO2. The maximum Gasteiger partial charge on any atom is 0.341 e. The number of halogens is 1. The highest BCUT2D eigenvalue weighted by atomic mass is 19.1. The summed E-state index contributed by atoms with van der Waals surface area (Å²) < 4.78 is 18.3. The smallest absolute Gasteiger partial charge is 0.341 e. The highest BCUT2D eigenvalue weighted by molar-refractivity contribution is 5.74. The zero-order valence-electron chi connectivity index (χ0n) is 9.54. The zero-order valence-corrected chi connectivity index (χ0v) is 9.54. The lowest BCUT2D eigenvalue weighted by Gasteiger charge is -2.31. The summed E-state index contributed by atoms with van der Waals surface area (Å²) in [7, 11) is 0. The van der Waals surface area contributed by atoms with Crippen LogP contribution in [0.2, 0.25) is 0 Å². The summed E-state index contributed by atoms with van der Waals surface area (Å²) in [5.74, 6) is -0.834. The van der Waals surface area contributed by atoms with Crippen LogP contribution >= 0.6 is 0 Å². The Morgan fingerprint density at radius 2 is 2.07 bits per heavy atom. The van der Waals surface area contributed by atoms with E-state index >= 15 is 0 Å². The quantitative estimate of drug-likeness (QED) is 0.670. The number of alkyl halides is 1. The van der Waals surface area contributed by atoms with Crippen LogP contribution in [0.5, 0.6) is 0 Å². The lowest BCUT2D eigenvalue weighted by atomic mass is 9.92. The number of nitrogens with zero attached hydrogens (tertiary/aromatic N) is 1. The zero-order chi connectivity index (χ0) is 11.3. The third-order valence-corrected chi connectivity index (χ3v) is 3.01. The van der Waals surface area contributed by atoms with Crippen molar-refractivity contribution < 1.29 is 13.9 Å². The molecule has 3 nitrogen and oxygen atoms in total. The molecule has 1 fully saturated rings. The number of carbonyl (C=O) groups excluding carboxylic acids is 1. The van der Waals surface area contributed by atoms with Crippen molar-refractivity contribution in [1.82, 2.24) is 4.90 Å². The molecule has 1 unspecified atom stereocenters. The van der Waals surface area contributed by atoms with Gasteiger partial charge in [0.1, 0.15) is 0 Å². The molecule has 15 heavy (non-hydrogen) atoms. The van der Waals surface area contributed by atoms with Crippen LogP contribution in [0.1, 0.15) is 26.7 Å². The maximum atomic E-state index is 13.6. The fourth-order valence-corrected chi connectivity index (χ4v) is 1.98. The van der Waals surface area contributed by atoms with Crippen LogP contribution < -0.4 is 0 Å². The van der Waals surface area contributed by atoms with E-state index in [9.17, 15) is 9.18 Å². The molecule has 4 heteroatoms. The van der Waals surface area contributed by atoms with Gasteiger partial charge in [-0.1, -0.05) is 6.92 Å². The van der Waals surface area contributed by atoms with E-state index in [0.717, 1.165) is 32.5 Å². The number of carbonyl (C=O) groups is 1. The number of esters is 1. The Morgan fingerprint density at radius 1 is 1.47 bits per heavy atom. The monoisotopic (exact) mass is 217 g/mol. The van der Waals surface area contributed by atoms with E-state index < -0.39 is 12.1 Å². The molecule has 1 aliphatic heterocycles. The lowest BCUT2D eigenvalue weighted by Crippen LogP contribution is -2.39. The van der Waals surface area contributed by atoms with Gasteiger partial charge < -0.3 is 9.64 Å². The minimum atomic E-state index is -1.43. The molecule has 0 amide bonds. The predicted octanol–water partition coefficient (Wildman–Crippen LogP) is 1.62. The first kappa shape index (κ1) is 12.4. The Morgan fingerprint density at radius 3 is 2.53 bits per heavy atom. The van der Waals surface area contributed by atoms with E-state index in [0.29, 0.717) is 0 Å². The highest BCUT2D eigenvalue weighted by Crippen LogP contribution is 2.23. The van der Waals surface area contributed by atoms with Crippen molar-refractivity contribution in [1.29, 1.82) is 0 Å². The van der Waals surface area contributed by atoms with Crippen molar-refractivity contribution in [3.8, 4) is 0 Å². The van der Waals surface area contributed by atoms with Crippen LogP contribution in [0.25, 0.3) is 0 Å². The molecule has 0 spiro atoms. The van der Waals surface area contributed by atoms with E-state index in [2.05, 4.69) is 16.6 Å². The van der Waals surface area contributed by atoms with Crippen LogP contribution in [0.15, 0.2) is 0 Å². The minimum Gasteiger partial charge on any atom is -0.464 e. The summed E-state index contributed by atoms with van der Waals surface area (Å²) >= 11 is 0. The molecule has 1 saturated heterocycles. The molecule has 1 atom stereocenters. The van der Waals surface area contributed by atoms with Gasteiger partial charge in [0.15, 0.2) is 6.17 Å². The van der Waals surface area contributed by atoms with E-state index in [1.165, 1.54) is 0 Å². The largest absolute Gasteiger partial charge is 0.464 e. The van der Waals surface area contributed by atoms with Crippen molar-refractivity contribution in [2.24, 2.45) is 5.92 Å². The van der Waals surface area contributed by atoms with E-state index in [4.69, 9.17) is 0 Å². The van der Waals surface area contributed by atoms with Gasteiger partial charge >= 0.3 is 5.97 Å². The highest BCUT2D eigenvalue weighted by Gasteiger charge is 2.31. The van der Waals surface area contributed by atoms with Gasteiger partial charge in [-0.3, -0.25) is 0 Å². The van der Waals surface area contributed by atoms with Gasteiger partial charge in [-0.25, -0.2) is 9.18 Å². The third-order valence-electron chi connectivity index (χ3n) is 3.01. The second kappa shape index (κ2) is 6.05. The van der Waals surface area contributed by atoms with Crippen molar-refractivity contribution in [2.75, 3.05) is 26.2 Å². The van der Waals surface area contributed by atoms with E-state index in [-0.39, 0.29) is 12.5 Å². The number of hydrogen-bond donors (Lipinski definition) is 0. The van der Waals surface area contributed by atoms with Gasteiger partial charge in [-0.05, 0) is 39.4 Å². The Labute approximate surface area is 90.6 Å². The van der Waals surface area contributed by atoms with Crippen LogP contribution in [-0.2, 0) is 9.53 Å². The number of rotatable bonds is 4. The minimum absolute atomic E-state index is 0.146. The Balaban J connectivity index is 2.35. The maximum absolute atomic E-state index is 13.6. The van der Waals surface area contributed by atoms with Gasteiger partial charge in [-0.2, -0.15) is 0 Å². The van der Waals surface area contributed by atoms with E-state index in [1.54, 1.807) is 6.92 Å². The normalized spacial score (nSPS) is 21.3. The van der Waals surface area contributed by atoms with Gasteiger partial charge in [0.25, 0.3) is 0 Å². The summed E-state index contributed by atoms with van der Waals surface area (Å²) in [5.41, 5.74) is 0. The van der Waals surface area contributed by atoms with Crippen LogP contribution in [0.4, 0.5) is 4.39 Å². The number of ether oxygens (including phenoxy) is 1. The summed E-state index contributed by atoms with van der Waals surface area (Å²) in [6, 6.07) is 0. The SMILES string of the molecule is CCOC(=O)C(F)C1CCN(CC)CC1. The molecule has 1 aliphatic rings. The molecule has 0 aliphatic carbocycles. The van der Waals surface area contributed by atoms with Gasteiger partial charge in [0.05, 0.1) is 6.61 Å². The summed E-state index contributed by atoms with van der Waals surface area (Å²) in [5, 5.41) is 0. The fraction of sp³-hybridized carbons (Fsp3) is 0.909. The molecular weight excluding hydrogens is 197 g/mol. The summed E-state index contributed by atoms with van der Waals surface area (Å²) in [6.07, 6.45) is 0.0886. The second-order valence-corrected chi connectivity index (χ2v) is 3.93. The topological polar surface area (TPSA) is 29.5 Å². The van der Waals surface area contributed by atoms with Crippen molar-refractivity contribution in [3.05, 3.63) is 0 Å². The van der Waals surface area contributed by atoms with Crippen LogP contribution in [-0.4, -0.2) is 43.3 Å². The first-order valence-electron chi connectivity index (χ1n) is 5.72. The third kappa shape index (κ3) is 3.45. The number of hydrogen-bond acceptors (Lipinski definition) is 3. The second-order valence-electron chi connectivity index (χ2n) is 3.93. The standard InChI is InChI=1S/C11H20FNO2/c1-3-13-7-5-9(6-8-13)10(12)11(14)15-4-2/h9-10H,3-8H2,1-2H3. The molecule has 0 aromatic carbocycles. The van der Waals surface area contributed by atoms with Crippen LogP contribution in [0, 0.1) is 5.92 Å². The van der Waals surface area contributed by atoms with Crippen molar-refractivity contribution in [2.45, 2.75) is 32.9 Å². The van der Waals surface area contributed by atoms with Crippen LogP contribution in [0.3, 0.4) is 0 Å². The molecule has 88 valence electrons. The van der Waals surface area contributed by atoms with Gasteiger partial charge in [0, 0.05) is 5.92 Å². The molecule has 0 N–H and O–H groups in total. The van der Waals surface area contributed by atoms with E-state index in [1.807, 2.05) is 0 Å². The first-order chi connectivity index (χ1) is 7.19. The fourth-order valence-electron chi connectivity index (χ4n) is 1.98.